The number of fused-ring (bicyclic) bond motifs is 2. The first-order valence-corrected chi connectivity index (χ1v) is 12.0. The highest BCUT2D eigenvalue weighted by atomic mass is 32.1. The third-order valence-electron chi connectivity index (χ3n) is 6.59. The lowest BCUT2D eigenvalue weighted by atomic mass is 9.94. The van der Waals surface area contributed by atoms with E-state index in [9.17, 15) is 31.9 Å². The number of carbonyl (C=O) groups is 3. The molecule has 0 aromatic heterocycles. The number of rotatable bonds is 6. The summed E-state index contributed by atoms with van der Waals surface area (Å²) < 4.78 is 59.7. The summed E-state index contributed by atoms with van der Waals surface area (Å²) in [7, 11) is 1.64. The fourth-order valence-corrected chi connectivity index (χ4v) is 4.61. The van der Waals surface area contributed by atoms with Gasteiger partial charge in [0.2, 0.25) is 11.5 Å². The van der Waals surface area contributed by atoms with Gasteiger partial charge in [-0.05, 0) is 54.5 Å². The number of hydrogen-bond acceptors (Lipinski definition) is 5. The average Bonchev–Trinajstić information content (AvgIpc) is 3.34. The molecule has 1 saturated heterocycles. The number of carbonyl (C=O) groups excluding carboxylic acids is 3. The Morgan fingerprint density at radius 2 is 1.89 bits per heavy atom. The first-order chi connectivity index (χ1) is 17.9. The number of nitrogens with one attached hydrogen (secondary N) is 2. The highest BCUT2D eigenvalue weighted by Crippen LogP contribution is 2.43. The molecule has 4 rings (SSSR count). The van der Waals surface area contributed by atoms with Gasteiger partial charge in [0, 0.05) is 31.3 Å². The molecule has 1 fully saturated rings. The van der Waals surface area contributed by atoms with Gasteiger partial charge in [-0.25, -0.2) is 4.39 Å². The smallest absolute Gasteiger partial charge is 0.366 e. The monoisotopic (exact) mass is 552 g/mol. The van der Waals surface area contributed by atoms with Gasteiger partial charge >= 0.3 is 6.18 Å². The molecule has 13 heteroatoms. The zero-order valence-corrected chi connectivity index (χ0v) is 21.2. The van der Waals surface area contributed by atoms with E-state index >= 15 is 0 Å². The summed E-state index contributed by atoms with van der Waals surface area (Å²) >= 11 is 5.07. The van der Waals surface area contributed by atoms with E-state index in [1.165, 1.54) is 12.1 Å². The summed E-state index contributed by atoms with van der Waals surface area (Å²) in [5.41, 5.74) is -0.254. The van der Waals surface area contributed by atoms with Gasteiger partial charge in [-0.3, -0.25) is 14.4 Å². The Morgan fingerprint density at radius 1 is 1.21 bits per heavy atom. The zero-order chi connectivity index (χ0) is 27.8. The van der Waals surface area contributed by atoms with Crippen LogP contribution in [0.4, 0.5) is 23.2 Å². The second-order valence-corrected chi connectivity index (χ2v) is 9.41. The maximum Gasteiger partial charge on any atom is 0.408 e. The van der Waals surface area contributed by atoms with Crippen molar-refractivity contribution in [3.63, 3.8) is 0 Å². The van der Waals surface area contributed by atoms with Gasteiger partial charge < -0.3 is 25.2 Å². The fourth-order valence-electron chi connectivity index (χ4n) is 4.49. The van der Waals surface area contributed by atoms with E-state index in [1.54, 1.807) is 25.2 Å². The van der Waals surface area contributed by atoms with Crippen molar-refractivity contribution in [3.8, 4) is 0 Å². The van der Waals surface area contributed by atoms with E-state index in [2.05, 4.69) is 10.6 Å². The van der Waals surface area contributed by atoms with E-state index in [0.717, 1.165) is 24.0 Å². The average molecular weight is 553 g/mol. The Hall–Kier alpha value is -3.58. The number of benzene rings is 2. The van der Waals surface area contributed by atoms with E-state index in [1.807, 2.05) is 0 Å². The number of hydrogen-bond donors (Lipinski definition) is 2. The van der Waals surface area contributed by atoms with Crippen molar-refractivity contribution in [2.45, 2.75) is 37.7 Å². The molecule has 1 spiro atoms. The van der Waals surface area contributed by atoms with E-state index < -0.39 is 61.1 Å². The predicted molar refractivity (Wildman–Crippen MR) is 132 cm³/mol. The SMILES string of the molecule is CNC(=S)Nc1ccc2c(c1)CC(=O)[C@]21OCN(CC(=O)N(Cc2ccc(F)cc2)[C@@H](C)C(F)(F)F)C1=O. The van der Waals surface area contributed by atoms with Crippen LogP contribution in [0.1, 0.15) is 23.6 Å². The zero-order valence-electron chi connectivity index (χ0n) is 20.4. The highest BCUT2D eigenvalue weighted by Gasteiger charge is 2.59. The van der Waals surface area contributed by atoms with Crippen LogP contribution in [0.3, 0.4) is 0 Å². The van der Waals surface area contributed by atoms with Crippen LogP contribution in [0, 0.1) is 5.82 Å². The minimum absolute atomic E-state index is 0.105. The molecule has 1 heterocycles. The third kappa shape index (κ3) is 5.07. The Labute approximate surface area is 220 Å². The molecular formula is C25H24F4N4O4S. The number of nitrogens with zero attached hydrogens (tertiary/aromatic N) is 2. The molecule has 2 amide bonds. The Morgan fingerprint density at radius 3 is 2.53 bits per heavy atom. The molecule has 8 nitrogen and oxygen atoms in total. The number of Topliss-reactive ketones (excluding diaryl/α,β-unsaturated/α-hetero) is 1. The molecule has 38 heavy (non-hydrogen) atoms. The quantitative estimate of drug-likeness (QED) is 0.324. The molecule has 202 valence electrons. The predicted octanol–water partition coefficient (Wildman–Crippen LogP) is 2.86. The molecule has 1 aliphatic carbocycles. The fraction of sp³-hybridized carbons (Fsp3) is 0.360. The van der Waals surface area contributed by atoms with Crippen molar-refractivity contribution in [2.24, 2.45) is 0 Å². The summed E-state index contributed by atoms with van der Waals surface area (Å²) in [5.74, 6) is -2.93. The summed E-state index contributed by atoms with van der Waals surface area (Å²) in [6.45, 7) is -0.821. The van der Waals surface area contributed by atoms with Crippen molar-refractivity contribution in [1.82, 2.24) is 15.1 Å². The van der Waals surface area contributed by atoms with Gasteiger partial charge in [0.15, 0.2) is 10.9 Å². The minimum atomic E-state index is -4.75. The van der Waals surface area contributed by atoms with Crippen LogP contribution in [0.2, 0.25) is 0 Å². The van der Waals surface area contributed by atoms with Crippen LogP contribution in [-0.2, 0) is 37.7 Å². The molecule has 0 unspecified atom stereocenters. The van der Waals surface area contributed by atoms with Gasteiger partial charge in [0.1, 0.15) is 25.1 Å². The topological polar surface area (TPSA) is 91.0 Å². The third-order valence-corrected chi connectivity index (χ3v) is 6.90. The maximum absolute atomic E-state index is 13.6. The molecule has 1 aliphatic heterocycles. The lowest BCUT2D eigenvalue weighted by Gasteiger charge is -2.32. The molecule has 0 saturated carbocycles. The Kier molecular flexibility index (Phi) is 7.44. The molecule has 0 bridgehead atoms. The first-order valence-electron chi connectivity index (χ1n) is 11.6. The van der Waals surface area contributed by atoms with E-state index in [-0.39, 0.29) is 12.0 Å². The number of thiocarbonyl (C=S) groups is 1. The molecule has 2 aromatic rings. The molecule has 2 atom stereocenters. The molecule has 2 aliphatic rings. The van der Waals surface area contributed by atoms with Crippen LogP contribution < -0.4 is 10.6 Å². The Bertz CT molecular complexity index is 1290. The number of halogens is 4. The van der Waals surface area contributed by atoms with Crippen LogP contribution in [-0.4, -0.2) is 65.1 Å². The number of ketones is 1. The second-order valence-electron chi connectivity index (χ2n) is 9.00. The van der Waals surface area contributed by atoms with Crippen LogP contribution >= 0.6 is 12.2 Å². The van der Waals surface area contributed by atoms with Crippen molar-refractivity contribution < 1.29 is 36.7 Å². The van der Waals surface area contributed by atoms with Gasteiger partial charge in [-0.2, -0.15) is 13.2 Å². The standard InChI is InChI=1S/C25H24F4N4O4S/c1-14(25(27,28)29)33(11-15-3-5-17(26)6-4-15)21(35)12-32-13-37-24(22(32)36)19-8-7-18(31-23(38)30-2)9-16(19)10-20(24)34/h3-9,14H,10-13H2,1-2H3,(H2,30,31,38)/t14-,24+/m0/s1. The van der Waals surface area contributed by atoms with Gasteiger partial charge in [0.05, 0.1) is 0 Å². The summed E-state index contributed by atoms with van der Waals surface area (Å²) in [4.78, 5) is 41.1. The number of amides is 2. The highest BCUT2D eigenvalue weighted by molar-refractivity contribution is 7.80. The molecule has 2 aromatic carbocycles. The van der Waals surface area contributed by atoms with Crippen molar-refractivity contribution in [1.29, 1.82) is 0 Å². The molecule has 0 radical (unpaired) electrons. The van der Waals surface area contributed by atoms with E-state index in [4.69, 9.17) is 17.0 Å². The van der Waals surface area contributed by atoms with E-state index in [0.29, 0.717) is 26.8 Å². The Balaban J connectivity index is 1.55. The van der Waals surface area contributed by atoms with Crippen LogP contribution in [0.5, 0.6) is 0 Å². The van der Waals surface area contributed by atoms with Gasteiger partial charge in [0.25, 0.3) is 5.91 Å². The number of anilines is 1. The lowest BCUT2D eigenvalue weighted by Crippen LogP contribution is -2.51. The van der Waals surface area contributed by atoms with Crippen LogP contribution in [0.15, 0.2) is 42.5 Å². The second kappa shape index (κ2) is 10.3. The van der Waals surface area contributed by atoms with Gasteiger partial charge in [-0.1, -0.05) is 18.2 Å². The first kappa shape index (κ1) is 27.5. The molecular weight excluding hydrogens is 528 g/mol. The lowest BCUT2D eigenvalue weighted by molar-refractivity contribution is -0.187. The largest absolute Gasteiger partial charge is 0.408 e. The summed E-state index contributed by atoms with van der Waals surface area (Å²) in [5, 5.41) is 6.04. The normalized spacial score (nSPS) is 19.5. The van der Waals surface area contributed by atoms with Crippen LogP contribution in [0.25, 0.3) is 0 Å². The maximum atomic E-state index is 13.6. The van der Waals surface area contributed by atoms with Gasteiger partial charge in [-0.15, -0.1) is 0 Å². The van der Waals surface area contributed by atoms with Crippen molar-refractivity contribution >= 4 is 40.6 Å². The van der Waals surface area contributed by atoms with Crippen molar-refractivity contribution in [2.75, 3.05) is 25.6 Å². The summed E-state index contributed by atoms with van der Waals surface area (Å²) in [6.07, 6.45) is -4.85. The minimum Gasteiger partial charge on any atom is -0.366 e. The summed E-state index contributed by atoms with van der Waals surface area (Å²) in [6, 6.07) is 7.35. The number of alkyl halides is 3. The number of ether oxygens (including phenoxy) is 1. The van der Waals surface area contributed by atoms with Crippen molar-refractivity contribution in [3.05, 3.63) is 65.0 Å². The molecule has 2 N–H and O–H groups in total.